The van der Waals surface area contributed by atoms with Crippen molar-refractivity contribution in [2.24, 2.45) is 0 Å². The number of nitrogen functional groups attached to an aromatic ring is 1. The van der Waals surface area contributed by atoms with Crippen LogP contribution in [0.1, 0.15) is 13.3 Å². The van der Waals surface area contributed by atoms with Crippen molar-refractivity contribution in [3.05, 3.63) is 72.8 Å². The molecule has 0 saturated carbocycles. The van der Waals surface area contributed by atoms with Crippen molar-refractivity contribution in [2.75, 3.05) is 22.4 Å². The smallest absolute Gasteiger partial charge is 0.261 e. The number of hydrogen-bond donors (Lipinski definition) is 3. The fourth-order valence-electron chi connectivity index (χ4n) is 2.53. The quantitative estimate of drug-likeness (QED) is 0.483. The third-order valence-electron chi connectivity index (χ3n) is 3.99. The van der Waals surface area contributed by atoms with Crippen LogP contribution in [0, 0.1) is 0 Å². The Hall–Kier alpha value is -3.19. The van der Waals surface area contributed by atoms with Gasteiger partial charge in [0, 0.05) is 11.4 Å². The van der Waals surface area contributed by atoms with Crippen LogP contribution in [0.2, 0.25) is 0 Å². The highest BCUT2D eigenvalue weighted by molar-refractivity contribution is 7.92. The molecule has 0 aliphatic carbocycles. The maximum Gasteiger partial charge on any atom is 0.261 e. The predicted octanol–water partition coefficient (Wildman–Crippen LogP) is 4.60. The van der Waals surface area contributed by atoms with Crippen molar-refractivity contribution in [2.45, 2.75) is 18.2 Å². The maximum atomic E-state index is 12.5. The van der Waals surface area contributed by atoms with E-state index in [0.717, 1.165) is 23.5 Å². The molecule has 0 radical (unpaired) electrons. The molecular formula is C21H23N3O3S. The van der Waals surface area contributed by atoms with E-state index in [4.69, 9.17) is 10.5 Å². The number of hydrogen-bond acceptors (Lipinski definition) is 5. The number of nitrogens with one attached hydrogen (secondary N) is 2. The molecule has 0 saturated heterocycles. The number of nitrogens with two attached hydrogens (primary N) is 1. The van der Waals surface area contributed by atoms with Crippen LogP contribution < -0.4 is 20.5 Å². The number of benzene rings is 3. The van der Waals surface area contributed by atoms with Gasteiger partial charge >= 0.3 is 0 Å². The summed E-state index contributed by atoms with van der Waals surface area (Å²) in [6.45, 7) is 2.75. The first-order valence-electron chi connectivity index (χ1n) is 8.95. The molecule has 3 aromatic rings. The summed E-state index contributed by atoms with van der Waals surface area (Å²) in [6, 6.07) is 20.9. The molecule has 146 valence electrons. The van der Waals surface area contributed by atoms with Gasteiger partial charge in [-0.05, 0) is 67.1 Å². The van der Waals surface area contributed by atoms with Gasteiger partial charge in [-0.1, -0.05) is 19.1 Å². The average molecular weight is 398 g/mol. The second-order valence-electron chi connectivity index (χ2n) is 6.21. The Kier molecular flexibility index (Phi) is 6.06. The molecule has 28 heavy (non-hydrogen) atoms. The van der Waals surface area contributed by atoms with Crippen LogP contribution in [0.5, 0.6) is 5.75 Å². The highest BCUT2D eigenvalue weighted by Gasteiger charge is 2.15. The van der Waals surface area contributed by atoms with Crippen LogP contribution in [0.3, 0.4) is 0 Å². The van der Waals surface area contributed by atoms with Crippen LogP contribution in [0.4, 0.5) is 22.7 Å². The lowest BCUT2D eigenvalue weighted by molar-refractivity contribution is 0.317. The SMILES string of the molecule is CCCOc1ccc(Nc2ccc(S(=O)(=O)Nc3ccccc3N)cc2)cc1. The Morgan fingerprint density at radius 2 is 1.50 bits per heavy atom. The molecule has 0 spiro atoms. The fourth-order valence-corrected chi connectivity index (χ4v) is 3.62. The average Bonchev–Trinajstić information content (AvgIpc) is 2.69. The van der Waals surface area contributed by atoms with E-state index < -0.39 is 10.0 Å². The normalized spacial score (nSPS) is 11.0. The van der Waals surface area contributed by atoms with Crippen molar-refractivity contribution < 1.29 is 13.2 Å². The van der Waals surface area contributed by atoms with Gasteiger partial charge in [0.15, 0.2) is 0 Å². The molecule has 3 aromatic carbocycles. The largest absolute Gasteiger partial charge is 0.494 e. The number of sulfonamides is 1. The lowest BCUT2D eigenvalue weighted by atomic mass is 10.2. The van der Waals surface area contributed by atoms with Gasteiger partial charge in [0.05, 0.1) is 22.9 Å². The summed E-state index contributed by atoms with van der Waals surface area (Å²) in [5.74, 6) is 0.820. The predicted molar refractivity (Wildman–Crippen MR) is 114 cm³/mol. The molecule has 0 fully saturated rings. The minimum Gasteiger partial charge on any atom is -0.494 e. The summed E-state index contributed by atoms with van der Waals surface area (Å²) >= 11 is 0. The summed E-state index contributed by atoms with van der Waals surface area (Å²) in [5.41, 5.74) is 8.20. The van der Waals surface area contributed by atoms with Gasteiger partial charge < -0.3 is 15.8 Å². The molecule has 0 amide bonds. The Bertz CT molecular complexity index is 1020. The monoisotopic (exact) mass is 397 g/mol. The zero-order chi connectivity index (χ0) is 20.0. The molecule has 0 unspecified atom stereocenters. The third kappa shape index (κ3) is 4.95. The molecule has 0 aliphatic heterocycles. The minimum atomic E-state index is -3.71. The summed E-state index contributed by atoms with van der Waals surface area (Å²) in [6.07, 6.45) is 0.959. The topological polar surface area (TPSA) is 93.4 Å². The van der Waals surface area contributed by atoms with Crippen LogP contribution >= 0.6 is 0 Å². The molecule has 6 nitrogen and oxygen atoms in total. The van der Waals surface area contributed by atoms with Gasteiger partial charge in [-0.25, -0.2) is 8.42 Å². The molecule has 4 N–H and O–H groups in total. The highest BCUT2D eigenvalue weighted by Crippen LogP contribution is 2.24. The van der Waals surface area contributed by atoms with E-state index in [0.29, 0.717) is 18.0 Å². The van der Waals surface area contributed by atoms with E-state index >= 15 is 0 Å². The van der Waals surface area contributed by atoms with Crippen LogP contribution in [0.25, 0.3) is 0 Å². The molecule has 0 bridgehead atoms. The zero-order valence-electron chi connectivity index (χ0n) is 15.6. The number of ether oxygens (including phenoxy) is 1. The number of rotatable bonds is 8. The van der Waals surface area contributed by atoms with E-state index in [-0.39, 0.29) is 4.90 Å². The highest BCUT2D eigenvalue weighted by atomic mass is 32.2. The van der Waals surface area contributed by atoms with Gasteiger partial charge in [-0.2, -0.15) is 0 Å². The van der Waals surface area contributed by atoms with Gasteiger partial charge in [0.25, 0.3) is 10.0 Å². The maximum absolute atomic E-state index is 12.5. The molecule has 0 heterocycles. The van der Waals surface area contributed by atoms with E-state index in [1.807, 2.05) is 24.3 Å². The van der Waals surface area contributed by atoms with Crippen molar-refractivity contribution in [1.29, 1.82) is 0 Å². The third-order valence-corrected chi connectivity index (χ3v) is 5.37. The summed E-state index contributed by atoms with van der Waals surface area (Å²) in [5, 5.41) is 3.23. The number of para-hydroxylation sites is 2. The summed E-state index contributed by atoms with van der Waals surface area (Å²) < 4.78 is 33.2. The Morgan fingerprint density at radius 3 is 2.11 bits per heavy atom. The Labute approximate surface area is 165 Å². The van der Waals surface area contributed by atoms with Crippen molar-refractivity contribution >= 4 is 32.8 Å². The molecular weight excluding hydrogens is 374 g/mol. The molecule has 0 aromatic heterocycles. The first kappa shape index (κ1) is 19.6. The second-order valence-corrected chi connectivity index (χ2v) is 7.90. The molecule has 0 aliphatic rings. The van der Waals surface area contributed by atoms with Crippen molar-refractivity contribution in [1.82, 2.24) is 0 Å². The second kappa shape index (κ2) is 8.67. The van der Waals surface area contributed by atoms with Gasteiger partial charge in [-0.15, -0.1) is 0 Å². The fraction of sp³-hybridized carbons (Fsp3) is 0.143. The lowest BCUT2D eigenvalue weighted by Crippen LogP contribution is -2.14. The van der Waals surface area contributed by atoms with Gasteiger partial charge in [0.1, 0.15) is 5.75 Å². The molecule has 7 heteroatoms. The van der Waals surface area contributed by atoms with Crippen LogP contribution in [0.15, 0.2) is 77.7 Å². The van der Waals surface area contributed by atoms with E-state index in [1.54, 1.807) is 48.5 Å². The first-order chi connectivity index (χ1) is 13.5. The standard InChI is InChI=1S/C21H23N3O3S/c1-2-15-27-18-11-7-16(8-12-18)23-17-9-13-19(14-10-17)28(25,26)24-21-6-4-3-5-20(21)22/h3-14,23-24H,2,15,22H2,1H3. The van der Waals surface area contributed by atoms with Crippen LogP contribution in [-0.4, -0.2) is 15.0 Å². The number of anilines is 4. The van der Waals surface area contributed by atoms with Gasteiger partial charge in [-0.3, -0.25) is 4.72 Å². The van der Waals surface area contributed by atoms with Crippen molar-refractivity contribution in [3.63, 3.8) is 0 Å². The summed E-state index contributed by atoms with van der Waals surface area (Å²) in [4.78, 5) is 0.157. The van der Waals surface area contributed by atoms with Gasteiger partial charge in [0.2, 0.25) is 0 Å². The molecule has 3 rings (SSSR count). The molecule has 0 atom stereocenters. The van der Waals surface area contributed by atoms with E-state index in [2.05, 4.69) is 17.0 Å². The summed E-state index contributed by atoms with van der Waals surface area (Å²) in [7, 11) is -3.71. The van der Waals surface area contributed by atoms with Crippen LogP contribution in [-0.2, 0) is 10.0 Å². The van der Waals surface area contributed by atoms with E-state index in [1.165, 1.54) is 0 Å². The lowest BCUT2D eigenvalue weighted by Gasteiger charge is -2.12. The van der Waals surface area contributed by atoms with Crippen molar-refractivity contribution in [3.8, 4) is 5.75 Å². The Balaban J connectivity index is 1.68. The Morgan fingerprint density at radius 1 is 0.893 bits per heavy atom. The minimum absolute atomic E-state index is 0.157. The first-order valence-corrected chi connectivity index (χ1v) is 10.4. The van der Waals surface area contributed by atoms with E-state index in [9.17, 15) is 8.42 Å². The zero-order valence-corrected chi connectivity index (χ0v) is 16.4.